The molecule has 6 nitrogen and oxygen atoms in total. The molecule has 0 aliphatic heterocycles. The van der Waals surface area contributed by atoms with E-state index in [1.54, 1.807) is 37.3 Å². The maximum absolute atomic E-state index is 12.6. The van der Waals surface area contributed by atoms with Crippen LogP contribution in [0.15, 0.2) is 54.7 Å². The quantitative estimate of drug-likeness (QED) is 0.349. The van der Waals surface area contributed by atoms with Crippen molar-refractivity contribution in [2.24, 2.45) is 0 Å². The molecule has 3 rings (SSSR count). The molecule has 0 aliphatic carbocycles. The normalized spacial score (nSPS) is 12.3. The summed E-state index contributed by atoms with van der Waals surface area (Å²) in [6.07, 6.45) is -3.12. The van der Waals surface area contributed by atoms with Crippen LogP contribution in [0.5, 0.6) is 0 Å². The molecule has 1 aromatic heterocycles. The third kappa shape index (κ3) is 6.94. The Hall–Kier alpha value is -2.66. The fraction of sp³-hybridized carbons (Fsp3) is 0.217. The number of hydrogen-bond donors (Lipinski definition) is 2. The van der Waals surface area contributed by atoms with Crippen LogP contribution in [0.3, 0.4) is 0 Å². The van der Waals surface area contributed by atoms with E-state index >= 15 is 0 Å². The van der Waals surface area contributed by atoms with E-state index in [1.165, 1.54) is 16.4 Å². The van der Waals surface area contributed by atoms with Crippen LogP contribution in [0, 0.1) is 6.92 Å². The first-order chi connectivity index (χ1) is 16.5. The van der Waals surface area contributed by atoms with Crippen molar-refractivity contribution >= 4 is 46.1 Å². The van der Waals surface area contributed by atoms with Gasteiger partial charge < -0.3 is 5.32 Å². The Bertz CT molecular complexity index is 1240. The van der Waals surface area contributed by atoms with E-state index in [-0.39, 0.29) is 18.7 Å². The molecule has 0 saturated carbocycles. The van der Waals surface area contributed by atoms with Gasteiger partial charge in [0, 0.05) is 24.8 Å². The third-order valence-corrected chi connectivity index (χ3v) is 6.71. The maximum Gasteiger partial charge on any atom is 0.433 e. The Balaban J connectivity index is 1.68. The van der Waals surface area contributed by atoms with Gasteiger partial charge in [0.05, 0.1) is 15.7 Å². The van der Waals surface area contributed by atoms with E-state index in [4.69, 9.17) is 23.2 Å². The summed E-state index contributed by atoms with van der Waals surface area (Å²) in [7, 11) is 0. The zero-order valence-electron chi connectivity index (χ0n) is 18.3. The molecule has 0 aliphatic rings. The topological polar surface area (TPSA) is 82.5 Å². The van der Waals surface area contributed by atoms with E-state index in [0.717, 1.165) is 17.8 Å². The Morgan fingerprint density at radius 2 is 1.91 bits per heavy atom. The number of anilines is 1. The number of carbonyl (C=O) groups is 1. The van der Waals surface area contributed by atoms with Crippen molar-refractivity contribution in [3.63, 3.8) is 0 Å². The van der Waals surface area contributed by atoms with Crippen LogP contribution in [-0.4, -0.2) is 26.2 Å². The minimum absolute atomic E-state index is 0.0159. The minimum Gasteiger partial charge on any atom is -0.348 e. The summed E-state index contributed by atoms with van der Waals surface area (Å²) in [6, 6.07) is 11.9. The van der Waals surface area contributed by atoms with Crippen LogP contribution < -0.4 is 9.62 Å². The lowest BCUT2D eigenvalue weighted by atomic mass is 10.1. The van der Waals surface area contributed by atoms with E-state index < -0.39 is 29.0 Å². The highest BCUT2D eigenvalue weighted by Crippen LogP contribution is 2.28. The first-order valence-corrected chi connectivity index (χ1v) is 12.0. The number of aromatic nitrogens is 1. The van der Waals surface area contributed by atoms with Crippen molar-refractivity contribution in [1.82, 2.24) is 10.3 Å². The summed E-state index contributed by atoms with van der Waals surface area (Å²) in [5.41, 5.74) is 1.43. The lowest BCUT2D eigenvalue weighted by Crippen LogP contribution is -2.29. The van der Waals surface area contributed by atoms with Gasteiger partial charge in [-0.05, 0) is 60.4 Å². The van der Waals surface area contributed by atoms with Gasteiger partial charge in [0.25, 0.3) is 17.2 Å². The number of aryl methyl sites for hydroxylation is 1. The van der Waals surface area contributed by atoms with Gasteiger partial charge in [-0.2, -0.15) is 13.2 Å². The van der Waals surface area contributed by atoms with Crippen LogP contribution in [0.25, 0.3) is 0 Å². The molecular weight excluding hydrogens is 526 g/mol. The van der Waals surface area contributed by atoms with Crippen LogP contribution in [0.4, 0.5) is 18.9 Å². The predicted molar refractivity (Wildman–Crippen MR) is 130 cm³/mol. The number of amides is 1. The van der Waals surface area contributed by atoms with Gasteiger partial charge in [-0.15, -0.1) is 0 Å². The predicted octanol–water partition coefficient (Wildman–Crippen LogP) is 5.83. The van der Waals surface area contributed by atoms with Gasteiger partial charge in [-0.1, -0.05) is 41.4 Å². The van der Waals surface area contributed by atoms with Crippen molar-refractivity contribution in [3.8, 4) is 0 Å². The number of carbonyl (C=O) groups excluding carboxylic acids is 1. The van der Waals surface area contributed by atoms with Gasteiger partial charge in [0.15, 0.2) is 0 Å². The first kappa shape index (κ1) is 26.9. The molecule has 1 amide bonds. The zero-order chi connectivity index (χ0) is 25.8. The molecule has 12 heteroatoms. The van der Waals surface area contributed by atoms with Crippen molar-refractivity contribution in [2.75, 3.05) is 10.8 Å². The molecule has 0 bridgehead atoms. The van der Waals surface area contributed by atoms with Crippen molar-refractivity contribution < 1.29 is 26.7 Å². The van der Waals surface area contributed by atoms with Crippen LogP contribution in [0.2, 0.25) is 10.0 Å². The molecule has 2 N–H and O–H groups in total. The van der Waals surface area contributed by atoms with Crippen molar-refractivity contribution in [1.29, 1.82) is 0 Å². The lowest BCUT2D eigenvalue weighted by Gasteiger charge is -2.22. The standard InChI is InChI=1S/C23H20Cl2F3N3O3S/c1-14-11-17(22(32)30-13-15-5-8-20(29-12-15)23(26,27)28)6-7-19(14)31(35(33)34)10-9-16-3-2-4-18(24)21(16)25/h2-8,11-12H,9-10,13H2,1H3,(H,30,32)(H,33,34). The second-order valence-corrected chi connectivity index (χ2v) is 9.22. The van der Waals surface area contributed by atoms with Gasteiger partial charge in [-0.3, -0.25) is 18.6 Å². The Labute approximate surface area is 212 Å². The number of halogens is 5. The summed E-state index contributed by atoms with van der Waals surface area (Å²) >= 11 is 9.90. The number of rotatable bonds is 8. The van der Waals surface area contributed by atoms with Crippen molar-refractivity contribution in [3.05, 3.63) is 92.7 Å². The van der Waals surface area contributed by atoms with E-state index in [0.29, 0.717) is 33.3 Å². The summed E-state index contributed by atoms with van der Waals surface area (Å²) in [6.45, 7) is 1.84. The van der Waals surface area contributed by atoms with Gasteiger partial charge in [0.2, 0.25) is 0 Å². The molecule has 35 heavy (non-hydrogen) atoms. The number of alkyl halides is 3. The Morgan fingerprint density at radius 1 is 1.17 bits per heavy atom. The summed E-state index contributed by atoms with van der Waals surface area (Å²) in [5.74, 6) is -0.457. The van der Waals surface area contributed by atoms with Crippen LogP contribution >= 0.6 is 23.2 Å². The molecule has 0 radical (unpaired) electrons. The fourth-order valence-electron chi connectivity index (χ4n) is 3.30. The maximum atomic E-state index is 12.6. The second-order valence-electron chi connectivity index (χ2n) is 7.53. The smallest absolute Gasteiger partial charge is 0.348 e. The van der Waals surface area contributed by atoms with E-state index in [1.807, 2.05) is 0 Å². The molecule has 3 aromatic rings. The molecule has 1 unspecified atom stereocenters. The fourth-order valence-corrected chi connectivity index (χ4v) is 4.34. The number of nitrogens with zero attached hydrogens (tertiary/aromatic N) is 2. The van der Waals surface area contributed by atoms with E-state index in [2.05, 4.69) is 10.3 Å². The lowest BCUT2D eigenvalue weighted by molar-refractivity contribution is -0.141. The number of benzene rings is 2. The second kappa shape index (κ2) is 11.4. The average Bonchev–Trinajstić information content (AvgIpc) is 2.80. The minimum atomic E-state index is -4.53. The molecule has 0 fully saturated rings. The van der Waals surface area contributed by atoms with Crippen molar-refractivity contribution in [2.45, 2.75) is 26.1 Å². The van der Waals surface area contributed by atoms with Crippen LogP contribution in [0.1, 0.15) is 32.7 Å². The monoisotopic (exact) mass is 545 g/mol. The number of hydrogen-bond acceptors (Lipinski definition) is 3. The molecular formula is C23H20Cl2F3N3O3S. The summed E-state index contributed by atoms with van der Waals surface area (Å²) in [5, 5.41) is 3.39. The third-order valence-electron chi connectivity index (χ3n) is 5.10. The molecule has 1 heterocycles. The molecule has 2 aromatic carbocycles. The Kier molecular flexibility index (Phi) is 8.76. The highest BCUT2D eigenvalue weighted by atomic mass is 35.5. The molecule has 186 valence electrons. The number of nitrogens with one attached hydrogen (secondary N) is 1. The zero-order valence-corrected chi connectivity index (χ0v) is 20.6. The van der Waals surface area contributed by atoms with Gasteiger partial charge >= 0.3 is 6.18 Å². The van der Waals surface area contributed by atoms with E-state index in [9.17, 15) is 26.7 Å². The SMILES string of the molecule is Cc1cc(C(=O)NCc2ccc(C(F)(F)F)nc2)ccc1N(CCc1cccc(Cl)c1Cl)S(=O)O. The molecule has 0 saturated heterocycles. The van der Waals surface area contributed by atoms with Gasteiger partial charge in [0.1, 0.15) is 5.69 Å². The molecule has 1 atom stereocenters. The Morgan fingerprint density at radius 3 is 2.51 bits per heavy atom. The van der Waals surface area contributed by atoms with Crippen LogP contribution in [-0.2, 0) is 30.4 Å². The average molecular weight is 546 g/mol. The largest absolute Gasteiger partial charge is 0.433 e. The molecule has 0 spiro atoms. The van der Waals surface area contributed by atoms with Gasteiger partial charge in [-0.25, -0.2) is 4.21 Å². The highest BCUT2D eigenvalue weighted by Gasteiger charge is 2.32. The summed E-state index contributed by atoms with van der Waals surface area (Å²) in [4.78, 5) is 15.9. The highest BCUT2D eigenvalue weighted by molar-refractivity contribution is 7.80. The number of pyridine rings is 1. The summed E-state index contributed by atoms with van der Waals surface area (Å²) < 4.78 is 61.0. The first-order valence-electron chi connectivity index (χ1n) is 10.2.